The van der Waals surface area contributed by atoms with Crippen LogP contribution >= 0.6 is 0 Å². The van der Waals surface area contributed by atoms with Crippen LogP contribution < -0.4 is 10.2 Å². The van der Waals surface area contributed by atoms with Gasteiger partial charge in [0.1, 0.15) is 11.9 Å². The van der Waals surface area contributed by atoms with Gasteiger partial charge in [0.25, 0.3) is 0 Å². The van der Waals surface area contributed by atoms with Gasteiger partial charge >= 0.3 is 6.09 Å². The Labute approximate surface area is 169 Å². The van der Waals surface area contributed by atoms with Crippen molar-refractivity contribution in [1.82, 2.24) is 20.0 Å². The summed E-state index contributed by atoms with van der Waals surface area (Å²) < 4.78 is 7.29. The summed E-state index contributed by atoms with van der Waals surface area (Å²) in [5, 5.41) is 6.87. The van der Waals surface area contributed by atoms with Crippen LogP contribution in [0.1, 0.15) is 39.8 Å². The van der Waals surface area contributed by atoms with E-state index in [9.17, 15) is 19.2 Å². The van der Waals surface area contributed by atoms with Gasteiger partial charge in [-0.25, -0.2) is 4.79 Å². The lowest BCUT2D eigenvalue weighted by atomic mass is 10.1. The molecular formula is C19H27N5O5. The van der Waals surface area contributed by atoms with Gasteiger partial charge in [-0.15, -0.1) is 0 Å². The first-order valence-electron chi connectivity index (χ1n) is 9.66. The van der Waals surface area contributed by atoms with Gasteiger partial charge in [0.05, 0.1) is 49.2 Å². The minimum atomic E-state index is -0.607. The second kappa shape index (κ2) is 7.84. The topological polar surface area (TPSA) is 114 Å². The van der Waals surface area contributed by atoms with Crippen molar-refractivity contribution in [3.8, 4) is 0 Å². The second-order valence-corrected chi connectivity index (χ2v) is 8.43. The van der Waals surface area contributed by atoms with Crippen LogP contribution in [-0.4, -0.2) is 63.6 Å². The van der Waals surface area contributed by atoms with E-state index >= 15 is 0 Å². The van der Waals surface area contributed by atoms with Crippen molar-refractivity contribution in [1.29, 1.82) is 0 Å². The van der Waals surface area contributed by atoms with Crippen molar-refractivity contribution in [2.75, 3.05) is 18.0 Å². The molecule has 1 fully saturated rings. The molecule has 3 amide bonds. The van der Waals surface area contributed by atoms with Crippen LogP contribution in [0.3, 0.4) is 0 Å². The number of anilines is 1. The summed E-state index contributed by atoms with van der Waals surface area (Å²) in [5.74, 6) is -1.03. The second-order valence-electron chi connectivity index (χ2n) is 8.43. The third-order valence-corrected chi connectivity index (χ3v) is 4.99. The van der Waals surface area contributed by atoms with Crippen molar-refractivity contribution < 1.29 is 23.9 Å². The summed E-state index contributed by atoms with van der Waals surface area (Å²) in [6.45, 7) is 8.25. The Morgan fingerprint density at radius 2 is 2.07 bits per heavy atom. The third kappa shape index (κ3) is 4.41. The third-order valence-electron chi connectivity index (χ3n) is 4.99. The molecule has 3 heterocycles. The average molecular weight is 405 g/mol. The minimum Gasteiger partial charge on any atom is -0.444 e. The summed E-state index contributed by atoms with van der Waals surface area (Å²) in [6.07, 6.45) is 1.86. The predicted octanol–water partition coefficient (Wildman–Crippen LogP) is 0.690. The van der Waals surface area contributed by atoms with E-state index in [4.69, 9.17) is 4.74 Å². The maximum atomic E-state index is 12.6. The van der Waals surface area contributed by atoms with Crippen molar-refractivity contribution in [2.45, 2.75) is 58.8 Å². The van der Waals surface area contributed by atoms with Crippen LogP contribution in [0.25, 0.3) is 0 Å². The number of nitrogens with one attached hydrogen (secondary N) is 1. The van der Waals surface area contributed by atoms with Crippen LogP contribution in [-0.2, 0) is 32.2 Å². The van der Waals surface area contributed by atoms with E-state index in [-0.39, 0.29) is 43.9 Å². The van der Waals surface area contributed by atoms with Gasteiger partial charge in [0.2, 0.25) is 11.8 Å². The molecule has 158 valence electrons. The molecule has 0 aliphatic carbocycles. The molecule has 0 spiro atoms. The van der Waals surface area contributed by atoms with E-state index in [1.54, 1.807) is 15.8 Å². The molecular weight excluding hydrogens is 378 g/mol. The molecule has 1 saturated heterocycles. The van der Waals surface area contributed by atoms with Crippen molar-refractivity contribution in [3.05, 3.63) is 11.9 Å². The number of carbonyl (C=O) groups is 4. The maximum absolute atomic E-state index is 12.6. The van der Waals surface area contributed by atoms with Crippen molar-refractivity contribution in [3.63, 3.8) is 0 Å². The summed E-state index contributed by atoms with van der Waals surface area (Å²) >= 11 is 0. The number of carbonyl (C=O) groups excluding carboxylic acids is 4. The van der Waals surface area contributed by atoms with Gasteiger partial charge in [0, 0.05) is 13.0 Å². The molecule has 0 radical (unpaired) electrons. The monoisotopic (exact) mass is 405 g/mol. The van der Waals surface area contributed by atoms with E-state index in [0.29, 0.717) is 18.5 Å². The highest BCUT2D eigenvalue weighted by Crippen LogP contribution is 2.32. The van der Waals surface area contributed by atoms with Crippen LogP contribution in [0.5, 0.6) is 0 Å². The van der Waals surface area contributed by atoms with E-state index in [1.807, 2.05) is 27.7 Å². The van der Waals surface area contributed by atoms with Crippen molar-refractivity contribution in [2.24, 2.45) is 5.92 Å². The standard InChI is InChI=1S/C19H27N5O5/c1-12-9-24-15(11-22(12)18(28)29-19(2,3)4)14(8-21-24)23-10-13(7-16(23)26)17(27)20-5-6-25/h6,8,12-13H,5,7,9-11H2,1-4H3,(H,20,27)/t12-,13?/m0/s1. The normalized spacial score (nSPS) is 21.7. The number of aromatic nitrogens is 2. The fourth-order valence-corrected chi connectivity index (χ4v) is 3.58. The lowest BCUT2D eigenvalue weighted by Gasteiger charge is -2.36. The number of hydrogen-bond acceptors (Lipinski definition) is 6. The number of amides is 3. The molecule has 0 bridgehead atoms. The van der Waals surface area contributed by atoms with Gasteiger partial charge < -0.3 is 19.7 Å². The number of nitrogens with zero attached hydrogens (tertiary/aromatic N) is 4. The SMILES string of the molecule is C[C@H]1Cn2ncc(N3CC(C(=O)NCC=O)CC3=O)c2CN1C(=O)OC(C)(C)C. The van der Waals surface area contributed by atoms with E-state index in [2.05, 4.69) is 10.4 Å². The highest BCUT2D eigenvalue weighted by atomic mass is 16.6. The van der Waals surface area contributed by atoms with Crippen LogP contribution in [0.2, 0.25) is 0 Å². The summed E-state index contributed by atoms with van der Waals surface area (Å²) in [7, 11) is 0. The lowest BCUT2D eigenvalue weighted by molar-refractivity contribution is -0.127. The summed E-state index contributed by atoms with van der Waals surface area (Å²) in [4.78, 5) is 50.9. The van der Waals surface area contributed by atoms with Crippen molar-refractivity contribution >= 4 is 29.9 Å². The molecule has 2 aliphatic heterocycles. The molecule has 1 aromatic heterocycles. The Morgan fingerprint density at radius 3 is 2.72 bits per heavy atom. The molecule has 0 aromatic carbocycles. The fourth-order valence-electron chi connectivity index (χ4n) is 3.58. The Hall–Kier alpha value is -2.91. The van der Waals surface area contributed by atoms with Crippen LogP contribution in [0, 0.1) is 5.92 Å². The molecule has 10 heteroatoms. The average Bonchev–Trinajstić information content (AvgIpc) is 3.20. The molecule has 1 aromatic rings. The van der Waals surface area contributed by atoms with E-state index in [0.717, 1.165) is 5.69 Å². The molecule has 3 rings (SSSR count). The molecule has 1 N–H and O–H groups in total. The highest BCUT2D eigenvalue weighted by Gasteiger charge is 2.39. The Morgan fingerprint density at radius 1 is 1.34 bits per heavy atom. The molecule has 10 nitrogen and oxygen atoms in total. The fraction of sp³-hybridized carbons (Fsp3) is 0.632. The smallest absolute Gasteiger partial charge is 0.410 e. The van der Waals surface area contributed by atoms with E-state index in [1.165, 1.54) is 4.90 Å². The van der Waals surface area contributed by atoms with Crippen LogP contribution in [0.15, 0.2) is 6.20 Å². The largest absolute Gasteiger partial charge is 0.444 e. The number of rotatable bonds is 4. The molecule has 0 saturated carbocycles. The van der Waals surface area contributed by atoms with E-state index < -0.39 is 17.6 Å². The lowest BCUT2D eigenvalue weighted by Crippen LogP contribution is -2.47. The molecule has 1 unspecified atom stereocenters. The zero-order chi connectivity index (χ0) is 21.3. The first kappa shape index (κ1) is 20.8. The van der Waals surface area contributed by atoms with Gasteiger partial charge in [0.15, 0.2) is 0 Å². The Bertz CT molecular complexity index is 827. The maximum Gasteiger partial charge on any atom is 0.410 e. The minimum absolute atomic E-state index is 0.0709. The zero-order valence-electron chi connectivity index (χ0n) is 17.2. The van der Waals surface area contributed by atoms with Gasteiger partial charge in [-0.1, -0.05) is 0 Å². The summed E-state index contributed by atoms with van der Waals surface area (Å²) in [5.41, 5.74) is 0.724. The summed E-state index contributed by atoms with van der Waals surface area (Å²) in [6, 6.07) is -0.110. The predicted molar refractivity (Wildman–Crippen MR) is 103 cm³/mol. The number of fused-ring (bicyclic) bond motifs is 1. The Kier molecular flexibility index (Phi) is 5.63. The quantitative estimate of drug-likeness (QED) is 0.738. The number of hydrogen-bond donors (Lipinski definition) is 1. The molecule has 2 atom stereocenters. The number of ether oxygens (including phenoxy) is 1. The molecule has 29 heavy (non-hydrogen) atoms. The van der Waals surface area contributed by atoms with Gasteiger partial charge in [-0.3, -0.25) is 19.2 Å². The van der Waals surface area contributed by atoms with Gasteiger partial charge in [-0.2, -0.15) is 5.10 Å². The Balaban J connectivity index is 1.78. The number of aldehydes is 1. The first-order valence-corrected chi connectivity index (χ1v) is 9.66. The van der Waals surface area contributed by atoms with Crippen LogP contribution in [0.4, 0.5) is 10.5 Å². The molecule has 2 aliphatic rings. The zero-order valence-corrected chi connectivity index (χ0v) is 17.2. The first-order chi connectivity index (χ1) is 13.6. The van der Waals surface area contributed by atoms with Gasteiger partial charge in [-0.05, 0) is 27.7 Å². The highest BCUT2D eigenvalue weighted by molar-refractivity contribution is 6.00.